The van der Waals surface area contributed by atoms with Crippen LogP contribution in [0.4, 0.5) is 8.78 Å². The summed E-state index contributed by atoms with van der Waals surface area (Å²) in [4.78, 5) is 11.3. The summed E-state index contributed by atoms with van der Waals surface area (Å²) in [6.07, 6.45) is -2.59. The quantitative estimate of drug-likeness (QED) is 0.670. The predicted molar refractivity (Wildman–Crippen MR) is 45.2 cm³/mol. The Morgan fingerprint density at radius 3 is 2.71 bits per heavy atom. The molecule has 1 N–H and O–H groups in total. The van der Waals surface area contributed by atoms with E-state index >= 15 is 0 Å². The maximum absolute atomic E-state index is 13.2. The Morgan fingerprint density at radius 2 is 2.21 bits per heavy atom. The molecule has 5 atom stereocenters. The molecular weight excluding hydrogens is 192 g/mol. The van der Waals surface area contributed by atoms with E-state index in [0.29, 0.717) is 6.42 Å². The first kappa shape index (κ1) is 9.83. The highest BCUT2D eigenvalue weighted by Gasteiger charge is 2.56. The molecule has 5 unspecified atom stereocenters. The van der Waals surface area contributed by atoms with Crippen LogP contribution in [-0.2, 0) is 9.53 Å². The van der Waals surface area contributed by atoms with Crippen LogP contribution in [0.25, 0.3) is 0 Å². The van der Waals surface area contributed by atoms with E-state index in [1.54, 1.807) is 6.92 Å². The Morgan fingerprint density at radius 1 is 1.50 bits per heavy atom. The third-order valence-electron chi connectivity index (χ3n) is 2.99. The van der Waals surface area contributed by atoms with Gasteiger partial charge in [0.25, 0.3) is 0 Å². The number of fused-ring (bicyclic) bond motifs is 2. The lowest BCUT2D eigenvalue weighted by atomic mass is 9.98. The second kappa shape index (κ2) is 3.46. The molecule has 0 amide bonds. The van der Waals surface area contributed by atoms with Gasteiger partial charge in [0.2, 0.25) is 0 Å². The number of carbonyl (C=O) groups excluding carboxylic acids is 1. The number of carbonyl (C=O) groups is 1. The minimum absolute atomic E-state index is 0.268. The summed E-state index contributed by atoms with van der Waals surface area (Å²) < 4.78 is 31.1. The molecule has 2 fully saturated rings. The number of nitrogens with one attached hydrogen (secondary N) is 1. The van der Waals surface area contributed by atoms with E-state index in [1.807, 2.05) is 0 Å². The van der Waals surface area contributed by atoms with Gasteiger partial charge in [-0.25, -0.2) is 8.78 Å². The highest BCUT2D eigenvalue weighted by Crippen LogP contribution is 2.39. The van der Waals surface area contributed by atoms with E-state index in [4.69, 9.17) is 4.74 Å². The second-order valence-corrected chi connectivity index (χ2v) is 3.79. The highest BCUT2D eigenvalue weighted by atomic mass is 19.2. The van der Waals surface area contributed by atoms with Crippen LogP contribution < -0.4 is 5.32 Å². The zero-order chi connectivity index (χ0) is 10.3. The number of halogens is 2. The van der Waals surface area contributed by atoms with Crippen molar-refractivity contribution in [3.05, 3.63) is 0 Å². The number of esters is 1. The standard InChI is InChI=1S/C9H13F2NO2/c1-2-14-9(13)8-4-3-5(12-8)7(11)6(4)10/h4-8,12H,2-3H2,1H3. The molecule has 0 aromatic carbocycles. The first-order chi connectivity index (χ1) is 6.65. The maximum Gasteiger partial charge on any atom is 0.323 e. The number of hydrogen-bond donors (Lipinski definition) is 1. The minimum Gasteiger partial charge on any atom is -0.465 e. The fourth-order valence-corrected chi connectivity index (χ4v) is 2.32. The van der Waals surface area contributed by atoms with Crippen molar-refractivity contribution in [2.24, 2.45) is 5.92 Å². The van der Waals surface area contributed by atoms with Crippen molar-refractivity contribution >= 4 is 5.97 Å². The van der Waals surface area contributed by atoms with Crippen molar-refractivity contribution in [1.82, 2.24) is 5.32 Å². The van der Waals surface area contributed by atoms with Crippen molar-refractivity contribution in [3.63, 3.8) is 0 Å². The largest absolute Gasteiger partial charge is 0.465 e. The van der Waals surface area contributed by atoms with Crippen LogP contribution in [0.1, 0.15) is 13.3 Å². The summed E-state index contributed by atoms with van der Waals surface area (Å²) in [5, 5.41) is 2.77. The molecule has 2 bridgehead atoms. The number of hydrogen-bond acceptors (Lipinski definition) is 3. The zero-order valence-electron chi connectivity index (χ0n) is 7.87. The summed E-state index contributed by atoms with van der Waals surface area (Å²) >= 11 is 0. The van der Waals surface area contributed by atoms with Gasteiger partial charge in [0.05, 0.1) is 6.61 Å². The molecular formula is C9H13F2NO2. The summed E-state index contributed by atoms with van der Waals surface area (Å²) in [5.41, 5.74) is 0. The molecule has 0 spiro atoms. The first-order valence-electron chi connectivity index (χ1n) is 4.86. The number of rotatable bonds is 2. The second-order valence-electron chi connectivity index (χ2n) is 3.79. The van der Waals surface area contributed by atoms with Crippen LogP contribution in [0, 0.1) is 5.92 Å². The molecule has 1 saturated heterocycles. The lowest BCUT2D eigenvalue weighted by molar-refractivity contribution is -0.148. The van der Waals surface area contributed by atoms with Gasteiger partial charge in [-0.3, -0.25) is 10.1 Å². The minimum atomic E-state index is -1.52. The van der Waals surface area contributed by atoms with Crippen LogP contribution in [0.5, 0.6) is 0 Å². The van der Waals surface area contributed by atoms with E-state index < -0.39 is 36.3 Å². The van der Waals surface area contributed by atoms with Gasteiger partial charge in [-0.05, 0) is 13.3 Å². The summed E-state index contributed by atoms with van der Waals surface area (Å²) in [7, 11) is 0. The Balaban J connectivity index is 2.02. The molecule has 1 aliphatic heterocycles. The molecule has 5 heteroatoms. The molecule has 0 aromatic heterocycles. The van der Waals surface area contributed by atoms with Crippen molar-refractivity contribution in [2.45, 2.75) is 37.8 Å². The van der Waals surface area contributed by atoms with Gasteiger partial charge in [0, 0.05) is 12.0 Å². The van der Waals surface area contributed by atoms with E-state index in [9.17, 15) is 13.6 Å². The van der Waals surface area contributed by atoms with Crippen molar-refractivity contribution in [2.75, 3.05) is 6.61 Å². The Kier molecular flexibility index (Phi) is 2.43. The van der Waals surface area contributed by atoms with Gasteiger partial charge in [-0.15, -0.1) is 0 Å². The molecule has 1 aliphatic carbocycles. The SMILES string of the molecule is CCOC(=O)C1NC2CC1C(F)C2F. The lowest BCUT2D eigenvalue weighted by Crippen LogP contribution is -2.51. The van der Waals surface area contributed by atoms with Crippen molar-refractivity contribution in [3.8, 4) is 0 Å². The molecule has 80 valence electrons. The molecule has 14 heavy (non-hydrogen) atoms. The van der Waals surface area contributed by atoms with Gasteiger partial charge in [0.1, 0.15) is 18.4 Å². The first-order valence-corrected chi connectivity index (χ1v) is 4.86. The fourth-order valence-electron chi connectivity index (χ4n) is 2.32. The highest BCUT2D eigenvalue weighted by molar-refractivity contribution is 5.77. The Labute approximate surface area is 80.8 Å². The predicted octanol–water partition coefficient (Wildman–Crippen LogP) is 0.586. The van der Waals surface area contributed by atoms with Crippen LogP contribution in [-0.4, -0.2) is 37.0 Å². The number of piperidine rings is 1. The van der Waals surface area contributed by atoms with Crippen molar-refractivity contribution < 1.29 is 18.3 Å². The summed E-state index contributed by atoms with van der Waals surface area (Å²) in [6.45, 7) is 1.96. The van der Waals surface area contributed by atoms with Gasteiger partial charge >= 0.3 is 5.97 Å². The number of ether oxygens (including phenoxy) is 1. The maximum atomic E-state index is 13.2. The fraction of sp³-hybridized carbons (Fsp3) is 0.889. The normalized spacial score (nSPS) is 45.5. The van der Waals surface area contributed by atoms with Crippen LogP contribution in [0.15, 0.2) is 0 Å². The van der Waals surface area contributed by atoms with Gasteiger partial charge in [-0.1, -0.05) is 0 Å². The number of alkyl halides is 2. The average molecular weight is 205 g/mol. The molecule has 1 heterocycles. The molecule has 3 nitrogen and oxygen atoms in total. The van der Waals surface area contributed by atoms with Crippen LogP contribution in [0.3, 0.4) is 0 Å². The summed E-state index contributed by atoms with van der Waals surface area (Å²) in [6, 6.07) is -1.16. The zero-order valence-corrected chi connectivity index (χ0v) is 7.87. The Hall–Kier alpha value is -0.710. The van der Waals surface area contributed by atoms with Gasteiger partial charge in [-0.2, -0.15) is 0 Å². The van der Waals surface area contributed by atoms with Crippen molar-refractivity contribution in [1.29, 1.82) is 0 Å². The van der Waals surface area contributed by atoms with E-state index in [0.717, 1.165) is 0 Å². The molecule has 0 radical (unpaired) electrons. The molecule has 1 saturated carbocycles. The molecule has 2 rings (SSSR count). The Bertz CT molecular complexity index is 247. The summed E-state index contributed by atoms with van der Waals surface area (Å²) in [5.74, 6) is -1.01. The van der Waals surface area contributed by atoms with Crippen LogP contribution in [0.2, 0.25) is 0 Å². The topological polar surface area (TPSA) is 38.3 Å². The van der Waals surface area contributed by atoms with Gasteiger partial charge < -0.3 is 4.74 Å². The lowest BCUT2D eigenvalue weighted by Gasteiger charge is -2.26. The van der Waals surface area contributed by atoms with Gasteiger partial charge in [0.15, 0.2) is 0 Å². The smallest absolute Gasteiger partial charge is 0.323 e. The molecule has 2 aliphatic rings. The monoisotopic (exact) mass is 205 g/mol. The average Bonchev–Trinajstić information content (AvgIpc) is 2.68. The van der Waals surface area contributed by atoms with E-state index in [2.05, 4.69) is 5.32 Å². The third-order valence-corrected chi connectivity index (χ3v) is 2.99. The van der Waals surface area contributed by atoms with E-state index in [1.165, 1.54) is 0 Å². The third kappa shape index (κ3) is 1.30. The van der Waals surface area contributed by atoms with Crippen LogP contribution >= 0.6 is 0 Å². The molecule has 0 aromatic rings. The van der Waals surface area contributed by atoms with E-state index in [-0.39, 0.29) is 6.61 Å².